The van der Waals surface area contributed by atoms with E-state index in [4.69, 9.17) is 47.3 Å². The molecule has 1 aliphatic carbocycles. The van der Waals surface area contributed by atoms with Crippen molar-refractivity contribution in [2.45, 2.75) is 63.2 Å². The summed E-state index contributed by atoms with van der Waals surface area (Å²) in [5.41, 5.74) is 2.36. The van der Waals surface area contributed by atoms with Gasteiger partial charge in [-0.25, -0.2) is 4.79 Å². The number of aliphatic carboxylic acids is 1. The second-order valence-corrected chi connectivity index (χ2v) is 15.4. The van der Waals surface area contributed by atoms with Crippen LogP contribution in [0.2, 0.25) is 10.0 Å². The smallest absolute Gasteiger partial charge is 0.414 e. The summed E-state index contributed by atoms with van der Waals surface area (Å²) in [6.45, 7) is -0.304. The van der Waals surface area contributed by atoms with Crippen molar-refractivity contribution in [3.63, 3.8) is 0 Å². The van der Waals surface area contributed by atoms with E-state index in [2.05, 4.69) is 4.90 Å². The molecule has 4 fully saturated rings. The largest absolute Gasteiger partial charge is 0.549 e. The van der Waals surface area contributed by atoms with Crippen molar-refractivity contribution >= 4 is 47.4 Å². The molecule has 3 saturated heterocycles. The topological polar surface area (TPSA) is 153 Å². The van der Waals surface area contributed by atoms with Gasteiger partial charge in [0.05, 0.1) is 13.2 Å². The standard InChI is InChI=1S/C41H41Cl2F2N3O7.CH2O2/c42-33-21-47(52)22-34(43)32(33)19-31(28-11-12-35(54-40(44)45)36(18-28)53-24-25-9-10-25)38(39(49)50)29-6-4-5-26(17-29)20-48(30-7-2-1-3-8-30)41(51)55-37-23-46-15-13-27(37)14-16-46;2-1-3/h1-8,11-12,17-18,21-22,25,27,31,37-38,40H,9-10,13-16,19-20,23-24H2,(H-,49,50,52);1H,(H,2,3)/t31-,37+,38?;/m1./s1. The Bertz CT molecular complexity index is 2030. The maximum absolute atomic E-state index is 13.9. The second kappa shape index (κ2) is 19.5. The van der Waals surface area contributed by atoms with E-state index in [1.165, 1.54) is 30.6 Å². The first-order valence-electron chi connectivity index (χ1n) is 18.9. The molecule has 308 valence electrons. The first-order chi connectivity index (χ1) is 27.9. The molecule has 1 saturated carbocycles. The van der Waals surface area contributed by atoms with E-state index in [-0.39, 0.29) is 59.6 Å². The van der Waals surface area contributed by atoms with Crippen LogP contribution in [0.3, 0.4) is 0 Å². The molecule has 3 aliphatic heterocycles. The molecule has 2 bridgehead atoms. The van der Waals surface area contributed by atoms with Gasteiger partial charge in [0.1, 0.15) is 16.1 Å². The molecule has 4 aromatic rings. The van der Waals surface area contributed by atoms with Crippen LogP contribution in [0.1, 0.15) is 59.8 Å². The highest BCUT2D eigenvalue weighted by atomic mass is 35.5. The van der Waals surface area contributed by atoms with Crippen molar-refractivity contribution in [3.05, 3.63) is 117 Å². The summed E-state index contributed by atoms with van der Waals surface area (Å²) in [6.07, 6.45) is 5.54. The number of carboxylic acid groups (broad SMARTS) is 2. The van der Waals surface area contributed by atoms with Crippen molar-refractivity contribution in [2.75, 3.05) is 31.1 Å². The van der Waals surface area contributed by atoms with Gasteiger partial charge >= 0.3 is 12.7 Å². The number of amides is 1. The summed E-state index contributed by atoms with van der Waals surface area (Å²) in [5, 5.41) is 30.4. The number of halogens is 4. The average molecular weight is 843 g/mol. The fourth-order valence-corrected chi connectivity index (χ4v) is 8.25. The number of fused-ring (bicyclic) bond motifs is 3. The molecule has 12 nitrogen and oxygen atoms in total. The van der Waals surface area contributed by atoms with E-state index in [0.29, 0.717) is 45.1 Å². The van der Waals surface area contributed by atoms with Gasteiger partial charge in [-0.2, -0.15) is 8.78 Å². The molecule has 58 heavy (non-hydrogen) atoms. The minimum atomic E-state index is -3.11. The van der Waals surface area contributed by atoms with E-state index >= 15 is 0 Å². The molecule has 1 unspecified atom stereocenters. The van der Waals surface area contributed by atoms with Crippen LogP contribution >= 0.6 is 23.2 Å². The molecule has 1 amide bonds. The van der Waals surface area contributed by atoms with Gasteiger partial charge in [-0.15, -0.1) is 0 Å². The zero-order valence-corrected chi connectivity index (χ0v) is 32.8. The Hall–Kier alpha value is -5.18. The van der Waals surface area contributed by atoms with Crippen LogP contribution in [-0.2, 0) is 27.3 Å². The number of piperidine rings is 3. The number of rotatable bonds is 15. The Labute approximate surface area is 344 Å². The third kappa shape index (κ3) is 10.9. The fraction of sp³-hybridized carbons (Fsp3) is 0.381. The van der Waals surface area contributed by atoms with E-state index in [1.54, 1.807) is 29.2 Å². The second-order valence-electron chi connectivity index (χ2n) is 14.6. The molecular formula is C42H43Cl2F2N3O9. The van der Waals surface area contributed by atoms with Crippen LogP contribution < -0.4 is 24.2 Å². The summed E-state index contributed by atoms with van der Waals surface area (Å²) >= 11 is 13.1. The maximum atomic E-state index is 13.9. The highest BCUT2D eigenvalue weighted by Gasteiger charge is 2.38. The zero-order chi connectivity index (χ0) is 41.3. The number of benzene rings is 3. The lowest BCUT2D eigenvalue weighted by Gasteiger charge is -2.44. The first kappa shape index (κ1) is 42.4. The van der Waals surface area contributed by atoms with Crippen LogP contribution in [0.15, 0.2) is 85.2 Å². The quantitative estimate of drug-likeness (QED) is 0.0751. The maximum Gasteiger partial charge on any atom is 0.414 e. The number of hydrogen-bond acceptors (Lipinski definition) is 9. The lowest BCUT2D eigenvalue weighted by Crippen LogP contribution is -2.53. The van der Waals surface area contributed by atoms with Crippen LogP contribution in [0, 0.1) is 11.8 Å². The van der Waals surface area contributed by atoms with Gasteiger partial charge < -0.3 is 29.2 Å². The predicted octanol–water partition coefficient (Wildman–Crippen LogP) is 6.71. The average Bonchev–Trinajstić information content (AvgIpc) is 4.03. The Morgan fingerprint density at radius 2 is 1.64 bits per heavy atom. The number of aromatic nitrogens is 1. The number of carbonyl (C=O) groups excluding carboxylic acids is 2. The van der Waals surface area contributed by atoms with Gasteiger partial charge in [-0.05, 0) is 98.0 Å². The van der Waals surface area contributed by atoms with E-state index in [9.17, 15) is 28.7 Å². The molecular weight excluding hydrogens is 799 g/mol. The number of nitrogens with zero attached hydrogens (tertiary/aromatic N) is 3. The van der Waals surface area contributed by atoms with Crippen molar-refractivity contribution in [3.8, 4) is 11.5 Å². The summed E-state index contributed by atoms with van der Waals surface area (Å²) < 4.78 is 44.4. The summed E-state index contributed by atoms with van der Waals surface area (Å²) in [6, 6.07) is 20.3. The van der Waals surface area contributed by atoms with Crippen LogP contribution in [0.4, 0.5) is 19.3 Å². The Morgan fingerprint density at radius 3 is 2.24 bits per heavy atom. The van der Waals surface area contributed by atoms with Crippen molar-refractivity contribution < 1.29 is 57.5 Å². The van der Waals surface area contributed by atoms with E-state index in [1.807, 2.05) is 30.3 Å². The zero-order valence-electron chi connectivity index (χ0n) is 31.3. The van der Waals surface area contributed by atoms with Gasteiger partial charge in [0.2, 0.25) is 12.4 Å². The van der Waals surface area contributed by atoms with Gasteiger partial charge in [0.15, 0.2) is 11.5 Å². The van der Waals surface area contributed by atoms with E-state index in [0.717, 1.165) is 38.8 Å². The van der Waals surface area contributed by atoms with Crippen molar-refractivity contribution in [1.29, 1.82) is 0 Å². The van der Waals surface area contributed by atoms with Crippen LogP contribution in [-0.4, -0.2) is 72.7 Å². The molecule has 4 heterocycles. The predicted molar refractivity (Wildman–Crippen MR) is 207 cm³/mol. The van der Waals surface area contributed by atoms with Gasteiger partial charge in [-0.3, -0.25) is 19.8 Å². The SMILES string of the molecule is O=C([O-])C(c1cccc(CN(C(=O)O[C@H]2CN3CCC2CC3)c2ccccc2)c1)[C@H](Cc1c(Cl)c[n+](O)cc1Cl)c1ccc(OC(F)F)c(OCC2CC2)c1.O=CO. The Balaban J connectivity index is 0.00000183. The number of carboxylic acids is 1. The highest BCUT2D eigenvalue weighted by molar-refractivity contribution is 6.35. The number of alkyl halides is 2. The van der Waals surface area contributed by atoms with Crippen LogP contribution in [0.5, 0.6) is 11.5 Å². The summed E-state index contributed by atoms with van der Waals surface area (Å²) in [5.74, 6) is -3.25. The summed E-state index contributed by atoms with van der Waals surface area (Å²) in [4.78, 5) is 39.4. The number of pyridine rings is 1. The lowest BCUT2D eigenvalue weighted by atomic mass is 9.77. The molecule has 3 aromatic carbocycles. The fourth-order valence-electron chi connectivity index (χ4n) is 7.64. The third-order valence-electron chi connectivity index (χ3n) is 10.7. The Kier molecular flexibility index (Phi) is 14.3. The molecule has 16 heteroatoms. The van der Waals surface area contributed by atoms with Crippen LogP contribution in [0.25, 0.3) is 0 Å². The number of anilines is 1. The van der Waals surface area contributed by atoms with Crippen molar-refractivity contribution in [1.82, 2.24) is 4.90 Å². The number of ether oxygens (including phenoxy) is 3. The van der Waals surface area contributed by atoms with Gasteiger partial charge in [-0.1, -0.05) is 71.7 Å². The van der Waals surface area contributed by atoms with Crippen molar-refractivity contribution in [2.24, 2.45) is 11.8 Å². The molecule has 1 aromatic heterocycles. The normalized spacial score (nSPS) is 19.3. The van der Waals surface area contributed by atoms with Gasteiger partial charge in [0, 0.05) is 40.3 Å². The molecule has 2 N–H and O–H groups in total. The highest BCUT2D eigenvalue weighted by Crippen LogP contribution is 2.43. The molecule has 8 rings (SSSR count). The van der Waals surface area contributed by atoms with Gasteiger partial charge in [0.25, 0.3) is 6.47 Å². The third-order valence-corrected chi connectivity index (χ3v) is 11.4. The monoisotopic (exact) mass is 841 g/mol. The molecule has 4 aliphatic rings. The first-order valence-corrected chi connectivity index (χ1v) is 19.6. The minimum Gasteiger partial charge on any atom is -0.549 e. The number of para-hydroxylation sites is 1. The Morgan fingerprint density at radius 1 is 0.948 bits per heavy atom. The summed E-state index contributed by atoms with van der Waals surface area (Å²) in [7, 11) is 0. The lowest BCUT2D eigenvalue weighted by molar-refractivity contribution is -0.904. The number of carbonyl (C=O) groups is 3. The number of hydrogen-bond donors (Lipinski definition) is 2. The molecule has 0 radical (unpaired) electrons. The minimum absolute atomic E-state index is 0.0407. The molecule has 0 spiro atoms. The molecule has 3 atom stereocenters. The van der Waals surface area contributed by atoms with E-state index < -0.39 is 30.5 Å².